The number of hydrogen-bond donors (Lipinski definition) is 1. The Morgan fingerprint density at radius 1 is 1.09 bits per heavy atom. The zero-order valence-electron chi connectivity index (χ0n) is 11.4. The summed E-state index contributed by atoms with van der Waals surface area (Å²) in [6.07, 6.45) is 3.44. The van der Waals surface area contributed by atoms with Crippen molar-refractivity contribution >= 4 is 35.4 Å². The number of hydrogen-bond acceptors (Lipinski definition) is 3. The van der Waals surface area contributed by atoms with Crippen molar-refractivity contribution in [1.29, 1.82) is 0 Å². The van der Waals surface area contributed by atoms with Crippen molar-refractivity contribution in [2.24, 2.45) is 5.10 Å². The first kappa shape index (κ1) is 14.6. The molecule has 0 saturated heterocycles. The Morgan fingerprint density at radius 3 is 2.59 bits per heavy atom. The van der Waals surface area contributed by atoms with Crippen LogP contribution < -0.4 is 5.73 Å². The van der Waals surface area contributed by atoms with Crippen molar-refractivity contribution < 1.29 is 0 Å². The Labute approximate surface area is 137 Å². The molecule has 0 radical (unpaired) electrons. The van der Waals surface area contributed by atoms with Gasteiger partial charge in [0.15, 0.2) is 0 Å². The standard InChI is InChI=1S/C16H12Cl2N4/c17-12-6-7-13(14(18)8-12)15-10-22(16(19)21-15)20-9-11-4-2-1-3-5-11/h1-10H,(H2,19,21)/b20-9+. The number of benzene rings is 2. The molecule has 1 heterocycles. The van der Waals surface area contributed by atoms with E-state index in [1.165, 1.54) is 4.68 Å². The van der Waals surface area contributed by atoms with Gasteiger partial charge in [0, 0.05) is 10.6 Å². The van der Waals surface area contributed by atoms with E-state index in [0.29, 0.717) is 15.7 Å². The van der Waals surface area contributed by atoms with Crippen molar-refractivity contribution in [1.82, 2.24) is 9.66 Å². The van der Waals surface area contributed by atoms with Gasteiger partial charge in [-0.3, -0.25) is 0 Å². The topological polar surface area (TPSA) is 56.2 Å². The summed E-state index contributed by atoms with van der Waals surface area (Å²) in [5.41, 5.74) is 8.26. The summed E-state index contributed by atoms with van der Waals surface area (Å²) < 4.78 is 1.51. The highest BCUT2D eigenvalue weighted by molar-refractivity contribution is 6.36. The summed E-state index contributed by atoms with van der Waals surface area (Å²) >= 11 is 12.1. The molecule has 3 aromatic rings. The largest absolute Gasteiger partial charge is 0.368 e. The minimum Gasteiger partial charge on any atom is -0.368 e. The average molecular weight is 331 g/mol. The van der Waals surface area contributed by atoms with Crippen molar-refractivity contribution in [3.05, 3.63) is 70.3 Å². The highest BCUT2D eigenvalue weighted by atomic mass is 35.5. The summed E-state index contributed by atoms with van der Waals surface area (Å²) in [7, 11) is 0. The lowest BCUT2D eigenvalue weighted by Gasteiger charge is -2.00. The lowest BCUT2D eigenvalue weighted by molar-refractivity contribution is 0.898. The van der Waals surface area contributed by atoms with Crippen LogP contribution in [0.1, 0.15) is 5.56 Å². The van der Waals surface area contributed by atoms with Crippen LogP contribution in [0.4, 0.5) is 5.95 Å². The van der Waals surface area contributed by atoms with E-state index < -0.39 is 0 Å². The Morgan fingerprint density at radius 2 is 1.86 bits per heavy atom. The molecule has 0 bridgehead atoms. The van der Waals surface area contributed by atoms with Crippen LogP contribution in [0.25, 0.3) is 11.3 Å². The van der Waals surface area contributed by atoms with Crippen LogP contribution in [0.15, 0.2) is 59.8 Å². The molecular weight excluding hydrogens is 319 g/mol. The van der Waals surface area contributed by atoms with Crippen molar-refractivity contribution in [3.8, 4) is 11.3 Å². The molecule has 0 amide bonds. The molecule has 0 aliphatic carbocycles. The molecule has 0 aliphatic heterocycles. The van der Waals surface area contributed by atoms with Crippen molar-refractivity contribution in [3.63, 3.8) is 0 Å². The van der Waals surface area contributed by atoms with Gasteiger partial charge in [-0.25, -0.2) is 9.66 Å². The molecule has 1 aromatic heterocycles. The summed E-state index contributed by atoms with van der Waals surface area (Å²) in [5.74, 6) is 0.285. The average Bonchev–Trinajstić information content (AvgIpc) is 2.87. The van der Waals surface area contributed by atoms with E-state index in [4.69, 9.17) is 28.9 Å². The number of aromatic nitrogens is 2. The maximum absolute atomic E-state index is 6.19. The van der Waals surface area contributed by atoms with Crippen molar-refractivity contribution in [2.45, 2.75) is 0 Å². The number of halogens is 2. The molecule has 0 aliphatic rings. The molecule has 2 aromatic carbocycles. The maximum Gasteiger partial charge on any atom is 0.221 e. The second-order valence-corrected chi connectivity index (χ2v) is 5.45. The van der Waals surface area contributed by atoms with Crippen LogP contribution >= 0.6 is 23.2 Å². The Kier molecular flexibility index (Phi) is 4.13. The van der Waals surface area contributed by atoms with Crippen LogP contribution in [0.2, 0.25) is 10.0 Å². The smallest absolute Gasteiger partial charge is 0.221 e. The second-order valence-electron chi connectivity index (χ2n) is 4.61. The van der Waals surface area contributed by atoms with Crippen LogP contribution in [0.5, 0.6) is 0 Å². The first-order valence-corrected chi connectivity index (χ1v) is 7.29. The van der Waals surface area contributed by atoms with E-state index in [-0.39, 0.29) is 5.95 Å². The monoisotopic (exact) mass is 330 g/mol. The lowest BCUT2D eigenvalue weighted by Crippen LogP contribution is -1.96. The van der Waals surface area contributed by atoms with Gasteiger partial charge in [-0.1, -0.05) is 53.5 Å². The molecule has 110 valence electrons. The third kappa shape index (κ3) is 3.13. The molecule has 3 rings (SSSR count). The van der Waals surface area contributed by atoms with Crippen LogP contribution in [0, 0.1) is 0 Å². The van der Waals surface area contributed by atoms with E-state index in [9.17, 15) is 0 Å². The number of nitrogens with two attached hydrogens (primary N) is 1. The zero-order valence-corrected chi connectivity index (χ0v) is 13.0. The minimum absolute atomic E-state index is 0.285. The first-order valence-electron chi connectivity index (χ1n) is 6.53. The Balaban J connectivity index is 1.92. The van der Waals surface area contributed by atoms with E-state index in [1.54, 1.807) is 30.6 Å². The fourth-order valence-corrected chi connectivity index (χ4v) is 2.48. The van der Waals surface area contributed by atoms with E-state index in [1.807, 2.05) is 30.3 Å². The number of nitrogens with zero attached hydrogens (tertiary/aromatic N) is 3. The molecular formula is C16H12Cl2N4. The van der Waals surface area contributed by atoms with Crippen molar-refractivity contribution in [2.75, 3.05) is 5.73 Å². The van der Waals surface area contributed by atoms with Gasteiger partial charge in [0.25, 0.3) is 0 Å². The van der Waals surface area contributed by atoms with Gasteiger partial charge in [0.2, 0.25) is 5.95 Å². The van der Waals surface area contributed by atoms with Gasteiger partial charge in [0.05, 0.1) is 23.1 Å². The van der Waals surface area contributed by atoms with E-state index >= 15 is 0 Å². The summed E-state index contributed by atoms with van der Waals surface area (Å²) in [6, 6.07) is 15.0. The quantitative estimate of drug-likeness (QED) is 0.727. The molecule has 4 nitrogen and oxygen atoms in total. The third-order valence-corrected chi connectivity index (χ3v) is 3.60. The Bertz CT molecular complexity index is 825. The predicted molar refractivity (Wildman–Crippen MR) is 91.5 cm³/mol. The van der Waals surface area contributed by atoms with Gasteiger partial charge in [-0.2, -0.15) is 5.10 Å². The SMILES string of the molecule is Nc1nc(-c2ccc(Cl)cc2Cl)cn1/N=C/c1ccccc1. The summed E-state index contributed by atoms with van der Waals surface area (Å²) in [5, 5.41) is 5.39. The second kappa shape index (κ2) is 6.22. The van der Waals surface area contributed by atoms with Crippen LogP contribution in [-0.4, -0.2) is 15.9 Å². The number of rotatable bonds is 3. The molecule has 6 heteroatoms. The molecule has 22 heavy (non-hydrogen) atoms. The van der Waals surface area contributed by atoms with E-state index in [0.717, 1.165) is 11.1 Å². The highest BCUT2D eigenvalue weighted by Gasteiger charge is 2.10. The molecule has 0 atom stereocenters. The van der Waals surface area contributed by atoms with Gasteiger partial charge >= 0.3 is 0 Å². The normalized spacial score (nSPS) is 11.2. The fourth-order valence-electron chi connectivity index (χ4n) is 1.97. The molecule has 0 unspecified atom stereocenters. The number of imidazole rings is 1. The summed E-state index contributed by atoms with van der Waals surface area (Å²) in [4.78, 5) is 4.28. The minimum atomic E-state index is 0.285. The molecule has 0 saturated carbocycles. The summed E-state index contributed by atoms with van der Waals surface area (Å²) in [6.45, 7) is 0. The number of nitrogen functional groups attached to an aromatic ring is 1. The maximum atomic E-state index is 6.19. The van der Waals surface area contributed by atoms with Gasteiger partial charge < -0.3 is 5.73 Å². The lowest BCUT2D eigenvalue weighted by atomic mass is 10.2. The molecule has 2 N–H and O–H groups in total. The van der Waals surface area contributed by atoms with Gasteiger partial charge in [0.1, 0.15) is 0 Å². The molecule has 0 fully saturated rings. The van der Waals surface area contributed by atoms with E-state index in [2.05, 4.69) is 10.1 Å². The Hall–Kier alpha value is -2.30. The highest BCUT2D eigenvalue weighted by Crippen LogP contribution is 2.30. The predicted octanol–water partition coefficient (Wildman–Crippen LogP) is 4.32. The van der Waals surface area contributed by atoms with Gasteiger partial charge in [-0.15, -0.1) is 0 Å². The number of anilines is 1. The van der Waals surface area contributed by atoms with Crippen LogP contribution in [0.3, 0.4) is 0 Å². The third-order valence-electron chi connectivity index (χ3n) is 3.05. The zero-order chi connectivity index (χ0) is 15.5. The fraction of sp³-hybridized carbons (Fsp3) is 0. The molecule has 0 spiro atoms. The van der Waals surface area contributed by atoms with Gasteiger partial charge in [-0.05, 0) is 23.8 Å². The first-order chi connectivity index (χ1) is 10.6. The van der Waals surface area contributed by atoms with Crippen LogP contribution in [-0.2, 0) is 0 Å².